The Balaban J connectivity index is 1.48. The first-order valence-corrected chi connectivity index (χ1v) is 8.84. The van der Waals surface area contributed by atoms with Crippen LogP contribution in [0.5, 0.6) is 0 Å². The van der Waals surface area contributed by atoms with Gasteiger partial charge in [0, 0.05) is 24.2 Å². The largest absolute Gasteiger partial charge is 0.416 e. The summed E-state index contributed by atoms with van der Waals surface area (Å²) in [5, 5.41) is 5.51. The summed E-state index contributed by atoms with van der Waals surface area (Å²) in [5.41, 5.74) is 1.17. The number of carbonyl (C=O) groups is 2. The molecule has 28 heavy (non-hydrogen) atoms. The van der Waals surface area contributed by atoms with Crippen LogP contribution in [-0.2, 0) is 17.5 Å². The summed E-state index contributed by atoms with van der Waals surface area (Å²) in [6, 6.07) is 11.8. The van der Waals surface area contributed by atoms with E-state index in [1.54, 1.807) is 30.3 Å². The van der Waals surface area contributed by atoms with Gasteiger partial charge in [0.1, 0.15) is 0 Å². The lowest BCUT2D eigenvalue weighted by molar-refractivity contribution is -0.137. The second-order valence-electron chi connectivity index (χ2n) is 6.62. The van der Waals surface area contributed by atoms with Crippen molar-refractivity contribution in [1.29, 1.82) is 0 Å². The van der Waals surface area contributed by atoms with Crippen LogP contribution in [0.15, 0.2) is 54.6 Å². The third-order valence-electron chi connectivity index (χ3n) is 4.26. The maximum atomic E-state index is 12.5. The first-order chi connectivity index (χ1) is 13.3. The molecule has 1 aliphatic carbocycles. The Hall–Kier alpha value is -3.09. The number of nitrogens with one attached hydrogen (secondary N) is 2. The van der Waals surface area contributed by atoms with Crippen LogP contribution in [0.25, 0.3) is 6.08 Å². The van der Waals surface area contributed by atoms with Gasteiger partial charge in [-0.2, -0.15) is 13.2 Å². The number of carbonyl (C=O) groups excluding carboxylic acids is 2. The van der Waals surface area contributed by atoms with Crippen molar-refractivity contribution in [3.05, 3.63) is 76.9 Å². The van der Waals surface area contributed by atoms with Gasteiger partial charge >= 0.3 is 6.18 Å². The molecule has 0 saturated heterocycles. The van der Waals surface area contributed by atoms with Crippen LogP contribution >= 0.6 is 0 Å². The Labute approximate surface area is 160 Å². The van der Waals surface area contributed by atoms with Crippen molar-refractivity contribution in [2.45, 2.75) is 31.6 Å². The van der Waals surface area contributed by atoms with Crippen LogP contribution in [-0.4, -0.2) is 17.9 Å². The summed E-state index contributed by atoms with van der Waals surface area (Å²) in [5.74, 6) is -0.470. The average molecular weight is 388 g/mol. The minimum absolute atomic E-state index is 0.104. The van der Waals surface area contributed by atoms with E-state index in [1.165, 1.54) is 18.2 Å². The number of hydrogen-bond donors (Lipinski definition) is 2. The third kappa shape index (κ3) is 5.70. The molecule has 2 N–H and O–H groups in total. The molecule has 4 nitrogen and oxygen atoms in total. The van der Waals surface area contributed by atoms with Crippen molar-refractivity contribution < 1.29 is 22.8 Å². The van der Waals surface area contributed by atoms with Crippen LogP contribution in [0.3, 0.4) is 0 Å². The zero-order chi connectivity index (χ0) is 20.1. The van der Waals surface area contributed by atoms with Gasteiger partial charge in [0.2, 0.25) is 5.91 Å². The minimum Gasteiger partial charge on any atom is -0.349 e. The van der Waals surface area contributed by atoms with Crippen molar-refractivity contribution in [2.75, 3.05) is 0 Å². The van der Waals surface area contributed by atoms with Gasteiger partial charge in [-0.05, 0) is 54.3 Å². The average Bonchev–Trinajstić information content (AvgIpc) is 3.48. The molecule has 2 aromatic carbocycles. The summed E-state index contributed by atoms with van der Waals surface area (Å²) < 4.78 is 37.6. The molecule has 0 radical (unpaired) electrons. The van der Waals surface area contributed by atoms with Gasteiger partial charge < -0.3 is 10.6 Å². The monoisotopic (exact) mass is 388 g/mol. The number of hydrogen-bond acceptors (Lipinski definition) is 2. The second-order valence-corrected chi connectivity index (χ2v) is 6.62. The highest BCUT2D eigenvalue weighted by Gasteiger charge is 2.29. The fourth-order valence-corrected chi connectivity index (χ4v) is 2.47. The highest BCUT2D eigenvalue weighted by molar-refractivity contribution is 5.95. The Kier molecular flexibility index (Phi) is 5.82. The SMILES string of the molecule is O=C(/C=C/c1ccc(C(=O)NC2CC2)cc1)NCc1ccc(C(F)(F)F)cc1. The van der Waals surface area contributed by atoms with E-state index in [2.05, 4.69) is 10.6 Å². The van der Waals surface area contributed by atoms with Crippen molar-refractivity contribution in [2.24, 2.45) is 0 Å². The maximum absolute atomic E-state index is 12.5. The van der Waals surface area contributed by atoms with E-state index in [-0.39, 0.29) is 18.4 Å². The van der Waals surface area contributed by atoms with Gasteiger partial charge in [0.15, 0.2) is 0 Å². The second kappa shape index (κ2) is 8.29. The highest BCUT2D eigenvalue weighted by Crippen LogP contribution is 2.29. The van der Waals surface area contributed by atoms with E-state index in [4.69, 9.17) is 0 Å². The summed E-state index contributed by atoms with van der Waals surface area (Å²) in [6.45, 7) is 0.127. The minimum atomic E-state index is -4.38. The van der Waals surface area contributed by atoms with Crippen molar-refractivity contribution in [3.8, 4) is 0 Å². The molecule has 7 heteroatoms. The molecular weight excluding hydrogens is 369 g/mol. The number of benzene rings is 2. The van der Waals surface area contributed by atoms with Crippen LogP contribution in [0, 0.1) is 0 Å². The highest BCUT2D eigenvalue weighted by atomic mass is 19.4. The van der Waals surface area contributed by atoms with Crippen LogP contribution in [0.1, 0.15) is 39.9 Å². The predicted octanol–water partition coefficient (Wildman–Crippen LogP) is 3.93. The number of halogens is 3. The lowest BCUT2D eigenvalue weighted by Gasteiger charge is -2.08. The number of rotatable bonds is 6. The van der Waals surface area contributed by atoms with Gasteiger partial charge in [0.25, 0.3) is 5.91 Å². The number of amides is 2. The molecule has 1 saturated carbocycles. The topological polar surface area (TPSA) is 58.2 Å². The van der Waals surface area contributed by atoms with Gasteiger partial charge in [-0.1, -0.05) is 24.3 Å². The summed E-state index contributed by atoms with van der Waals surface area (Å²) >= 11 is 0. The lowest BCUT2D eigenvalue weighted by Crippen LogP contribution is -2.25. The van der Waals surface area contributed by atoms with E-state index < -0.39 is 11.7 Å². The fourth-order valence-electron chi connectivity index (χ4n) is 2.47. The molecule has 1 aliphatic rings. The smallest absolute Gasteiger partial charge is 0.349 e. The number of alkyl halides is 3. The standard InChI is InChI=1S/C21H19F3N2O2/c22-21(23,24)17-8-3-15(4-9-17)13-25-19(27)12-5-14-1-6-16(7-2-14)20(28)26-18-10-11-18/h1-9,12,18H,10-11,13H2,(H,25,27)(H,26,28)/b12-5+. The van der Waals surface area contributed by atoms with Crippen molar-refractivity contribution >= 4 is 17.9 Å². The Morgan fingerprint density at radius 1 is 1.00 bits per heavy atom. The molecular formula is C21H19F3N2O2. The fraction of sp³-hybridized carbons (Fsp3) is 0.238. The van der Waals surface area contributed by atoms with Crippen molar-refractivity contribution in [1.82, 2.24) is 10.6 Å². The van der Waals surface area contributed by atoms with Crippen LogP contribution < -0.4 is 10.6 Å². The van der Waals surface area contributed by atoms with Gasteiger partial charge in [-0.25, -0.2) is 0 Å². The third-order valence-corrected chi connectivity index (χ3v) is 4.26. The summed E-state index contributed by atoms with van der Waals surface area (Å²) in [4.78, 5) is 23.8. The molecule has 0 aliphatic heterocycles. The predicted molar refractivity (Wildman–Crippen MR) is 99.3 cm³/mol. The lowest BCUT2D eigenvalue weighted by atomic mass is 10.1. The molecule has 0 aromatic heterocycles. The van der Waals surface area contributed by atoms with Gasteiger partial charge in [0.05, 0.1) is 5.56 Å². The molecule has 0 atom stereocenters. The quantitative estimate of drug-likeness (QED) is 0.737. The molecule has 0 unspecified atom stereocenters. The van der Waals surface area contributed by atoms with Gasteiger partial charge in [-0.15, -0.1) is 0 Å². The zero-order valence-corrected chi connectivity index (χ0v) is 14.9. The molecule has 2 amide bonds. The van der Waals surface area contributed by atoms with E-state index in [0.29, 0.717) is 17.2 Å². The molecule has 0 heterocycles. The summed E-state index contributed by atoms with van der Waals surface area (Å²) in [6.07, 6.45) is 0.606. The Morgan fingerprint density at radius 3 is 2.21 bits per heavy atom. The molecule has 1 fully saturated rings. The van der Waals surface area contributed by atoms with E-state index >= 15 is 0 Å². The summed E-state index contributed by atoms with van der Waals surface area (Å²) in [7, 11) is 0. The first kappa shape index (κ1) is 19.7. The maximum Gasteiger partial charge on any atom is 0.416 e. The molecule has 2 aromatic rings. The van der Waals surface area contributed by atoms with E-state index in [9.17, 15) is 22.8 Å². The molecule has 3 rings (SSSR count). The van der Waals surface area contributed by atoms with Crippen molar-refractivity contribution in [3.63, 3.8) is 0 Å². The molecule has 0 spiro atoms. The Bertz CT molecular complexity index is 868. The van der Waals surface area contributed by atoms with Crippen LogP contribution in [0.2, 0.25) is 0 Å². The van der Waals surface area contributed by atoms with Crippen LogP contribution in [0.4, 0.5) is 13.2 Å². The zero-order valence-electron chi connectivity index (χ0n) is 14.9. The van der Waals surface area contributed by atoms with Gasteiger partial charge in [-0.3, -0.25) is 9.59 Å². The Morgan fingerprint density at radius 2 is 1.64 bits per heavy atom. The van der Waals surface area contributed by atoms with E-state index in [0.717, 1.165) is 30.5 Å². The molecule has 0 bridgehead atoms. The normalized spacial score (nSPS) is 14.1. The first-order valence-electron chi connectivity index (χ1n) is 8.84. The van der Waals surface area contributed by atoms with E-state index in [1.807, 2.05) is 0 Å². The molecule has 146 valence electrons.